The van der Waals surface area contributed by atoms with Crippen LogP contribution in [-0.4, -0.2) is 37.0 Å². The average molecular weight is 446 g/mol. The zero-order chi connectivity index (χ0) is 22.3. The number of rotatable bonds is 4. The number of anilines is 1. The van der Waals surface area contributed by atoms with Gasteiger partial charge in [-0.1, -0.05) is 36.4 Å². The van der Waals surface area contributed by atoms with Crippen LogP contribution in [0.25, 0.3) is 11.1 Å². The van der Waals surface area contributed by atoms with E-state index >= 15 is 0 Å². The fourth-order valence-corrected chi connectivity index (χ4v) is 6.65. The third-order valence-corrected chi connectivity index (χ3v) is 8.39. The van der Waals surface area contributed by atoms with E-state index in [2.05, 4.69) is 11.4 Å². The van der Waals surface area contributed by atoms with Crippen LogP contribution < -0.4 is 5.32 Å². The third kappa shape index (κ3) is 3.37. The minimum absolute atomic E-state index is 0.0355. The van der Waals surface area contributed by atoms with Crippen LogP contribution >= 0.6 is 0 Å². The predicted octanol–water partition coefficient (Wildman–Crippen LogP) is 3.76. The molecule has 3 aromatic rings. The topological polar surface area (TPSA) is 93.4 Å². The van der Waals surface area contributed by atoms with Crippen molar-refractivity contribution in [2.24, 2.45) is 5.92 Å². The number of hydrogen-bond acceptors (Lipinski definition) is 5. The van der Waals surface area contributed by atoms with Crippen LogP contribution in [-0.2, 0) is 10.0 Å². The van der Waals surface area contributed by atoms with Crippen molar-refractivity contribution < 1.29 is 13.5 Å². The van der Waals surface area contributed by atoms with Crippen LogP contribution in [0.1, 0.15) is 23.6 Å². The summed E-state index contributed by atoms with van der Waals surface area (Å²) in [4.78, 5) is 0.277. The van der Waals surface area contributed by atoms with E-state index in [9.17, 15) is 18.8 Å². The van der Waals surface area contributed by atoms with Gasteiger partial charge in [-0.3, -0.25) is 0 Å². The Morgan fingerprint density at radius 3 is 2.56 bits per heavy atom. The standard InChI is InChI=1S/C25H23N3O3S/c26-15-17-5-4-6-18(13-17)19-9-10-23-22(14-19)25-21(24(16-29)27-23)11-12-28(25)32(30,31)20-7-2-1-3-8-20/h1-10,13-14,21,24-25,27,29H,11-12,16H2/t21-,24+,25-/m1/s1. The molecule has 3 aromatic carbocycles. The van der Waals surface area contributed by atoms with Crippen molar-refractivity contribution in [1.29, 1.82) is 5.26 Å². The van der Waals surface area contributed by atoms with Crippen molar-refractivity contribution >= 4 is 15.7 Å². The summed E-state index contributed by atoms with van der Waals surface area (Å²) in [7, 11) is -3.69. The highest BCUT2D eigenvalue weighted by Crippen LogP contribution is 2.49. The molecule has 0 aliphatic carbocycles. The van der Waals surface area contributed by atoms with Gasteiger partial charge in [0.15, 0.2) is 0 Å². The van der Waals surface area contributed by atoms with Crippen molar-refractivity contribution in [3.8, 4) is 17.2 Å². The highest BCUT2D eigenvalue weighted by atomic mass is 32.2. The molecule has 3 atom stereocenters. The van der Waals surface area contributed by atoms with Crippen LogP contribution in [0.2, 0.25) is 0 Å². The van der Waals surface area contributed by atoms with E-state index in [1.165, 1.54) is 0 Å². The SMILES string of the molecule is N#Cc1cccc(-c2ccc3c(c2)[C@H]2[C@H](CCN2S(=O)(=O)c2ccccc2)[C@H](CO)N3)c1. The van der Waals surface area contributed by atoms with Gasteiger partial charge in [-0.2, -0.15) is 9.57 Å². The van der Waals surface area contributed by atoms with E-state index in [0.717, 1.165) is 22.4 Å². The molecule has 0 bridgehead atoms. The molecule has 162 valence electrons. The van der Waals surface area contributed by atoms with Gasteiger partial charge in [-0.15, -0.1) is 0 Å². The first-order chi connectivity index (χ1) is 15.5. The second kappa shape index (κ2) is 8.06. The molecular formula is C25H23N3O3S. The first-order valence-corrected chi connectivity index (χ1v) is 12.1. The normalized spacial score (nSPS) is 22.4. The molecule has 1 saturated heterocycles. The molecule has 32 heavy (non-hydrogen) atoms. The van der Waals surface area contributed by atoms with Crippen molar-refractivity contribution in [3.05, 3.63) is 83.9 Å². The smallest absolute Gasteiger partial charge is 0.243 e. The Balaban J connectivity index is 1.62. The maximum absolute atomic E-state index is 13.5. The molecule has 7 heteroatoms. The highest BCUT2D eigenvalue weighted by Gasteiger charge is 2.48. The number of nitrogens with one attached hydrogen (secondary N) is 1. The van der Waals surface area contributed by atoms with Crippen molar-refractivity contribution in [1.82, 2.24) is 4.31 Å². The summed E-state index contributed by atoms with van der Waals surface area (Å²) < 4.78 is 28.7. The van der Waals surface area contributed by atoms with Gasteiger partial charge in [0.25, 0.3) is 0 Å². The molecule has 0 unspecified atom stereocenters. The van der Waals surface area contributed by atoms with Crippen molar-refractivity contribution in [3.63, 3.8) is 0 Å². The monoisotopic (exact) mass is 445 g/mol. The maximum Gasteiger partial charge on any atom is 0.243 e. The van der Waals surface area contributed by atoms with Gasteiger partial charge in [0, 0.05) is 18.2 Å². The third-order valence-electron chi connectivity index (χ3n) is 6.50. The first-order valence-electron chi connectivity index (χ1n) is 10.6. The summed E-state index contributed by atoms with van der Waals surface area (Å²) in [6.07, 6.45) is 0.669. The Morgan fingerprint density at radius 1 is 1.03 bits per heavy atom. The van der Waals surface area contributed by atoms with Crippen LogP contribution in [0.5, 0.6) is 0 Å². The summed E-state index contributed by atoms with van der Waals surface area (Å²) in [5, 5.41) is 22.7. The maximum atomic E-state index is 13.5. The molecule has 0 aromatic heterocycles. The second-order valence-corrected chi connectivity index (χ2v) is 10.1. The number of sulfonamides is 1. The summed E-state index contributed by atoms with van der Waals surface area (Å²) in [5.74, 6) is -0.0355. The van der Waals surface area contributed by atoms with Crippen LogP contribution in [0.3, 0.4) is 0 Å². The number of fused-ring (bicyclic) bond motifs is 3. The number of nitrogens with zero attached hydrogens (tertiary/aromatic N) is 2. The Morgan fingerprint density at radius 2 is 1.81 bits per heavy atom. The molecule has 2 aliphatic rings. The van der Waals surface area contributed by atoms with E-state index < -0.39 is 10.0 Å². The lowest BCUT2D eigenvalue weighted by molar-refractivity contribution is 0.210. The fourth-order valence-electron chi connectivity index (χ4n) is 4.97. The van der Waals surface area contributed by atoms with Crippen LogP contribution in [0.4, 0.5) is 5.69 Å². The number of hydrogen-bond donors (Lipinski definition) is 2. The molecule has 2 heterocycles. The highest BCUT2D eigenvalue weighted by molar-refractivity contribution is 7.89. The van der Waals surface area contributed by atoms with E-state index in [1.54, 1.807) is 40.7 Å². The number of aliphatic hydroxyl groups excluding tert-OH is 1. The molecule has 2 aliphatic heterocycles. The van der Waals surface area contributed by atoms with Crippen LogP contribution in [0.15, 0.2) is 77.7 Å². The molecule has 0 amide bonds. The van der Waals surface area contributed by atoms with Gasteiger partial charge < -0.3 is 10.4 Å². The number of benzene rings is 3. The van der Waals surface area contributed by atoms with Crippen LogP contribution in [0, 0.1) is 17.2 Å². The lowest BCUT2D eigenvalue weighted by Gasteiger charge is -2.39. The summed E-state index contributed by atoms with van der Waals surface area (Å²) in [6.45, 7) is 0.337. The number of nitriles is 1. The molecule has 6 nitrogen and oxygen atoms in total. The Bertz CT molecular complexity index is 1300. The Hall–Kier alpha value is -3.18. The molecule has 0 saturated carbocycles. The zero-order valence-corrected chi connectivity index (χ0v) is 18.2. The van der Waals surface area contributed by atoms with Gasteiger partial charge in [-0.25, -0.2) is 8.42 Å². The van der Waals surface area contributed by atoms with E-state index in [1.807, 2.05) is 36.4 Å². The van der Waals surface area contributed by atoms with Crippen molar-refractivity contribution in [2.75, 3.05) is 18.5 Å². The predicted molar refractivity (Wildman–Crippen MR) is 122 cm³/mol. The minimum Gasteiger partial charge on any atom is -0.394 e. The van der Waals surface area contributed by atoms with E-state index in [4.69, 9.17) is 0 Å². The van der Waals surface area contributed by atoms with Gasteiger partial charge >= 0.3 is 0 Å². The van der Waals surface area contributed by atoms with Gasteiger partial charge in [0.2, 0.25) is 10.0 Å². The van der Waals surface area contributed by atoms with Gasteiger partial charge in [0.05, 0.1) is 35.2 Å². The Labute approximate surface area is 187 Å². The van der Waals surface area contributed by atoms with Crippen molar-refractivity contribution in [2.45, 2.75) is 23.4 Å². The number of aliphatic hydroxyl groups is 1. The Kier molecular flexibility index (Phi) is 5.22. The summed E-state index contributed by atoms with van der Waals surface area (Å²) >= 11 is 0. The lowest BCUT2D eigenvalue weighted by atomic mass is 9.82. The summed E-state index contributed by atoms with van der Waals surface area (Å²) in [6, 6.07) is 23.4. The molecular weight excluding hydrogens is 422 g/mol. The molecule has 1 fully saturated rings. The van der Waals surface area contributed by atoms with Gasteiger partial charge in [0.1, 0.15) is 0 Å². The summed E-state index contributed by atoms with van der Waals surface area (Å²) in [5.41, 5.74) is 4.14. The lowest BCUT2D eigenvalue weighted by Crippen LogP contribution is -2.42. The first kappa shape index (κ1) is 20.7. The minimum atomic E-state index is -3.69. The van der Waals surface area contributed by atoms with Gasteiger partial charge in [-0.05, 0) is 59.5 Å². The fraction of sp³-hybridized carbons (Fsp3) is 0.240. The molecule has 5 rings (SSSR count). The van der Waals surface area contributed by atoms with E-state index in [0.29, 0.717) is 18.5 Å². The molecule has 0 radical (unpaired) electrons. The van der Waals surface area contributed by atoms with E-state index in [-0.39, 0.29) is 29.5 Å². The molecule has 0 spiro atoms. The average Bonchev–Trinajstić information content (AvgIpc) is 3.30. The zero-order valence-electron chi connectivity index (χ0n) is 17.3. The molecule has 2 N–H and O–H groups in total. The second-order valence-electron chi connectivity index (χ2n) is 8.25. The largest absolute Gasteiger partial charge is 0.394 e. The quantitative estimate of drug-likeness (QED) is 0.638.